The predicted octanol–water partition coefficient (Wildman–Crippen LogP) is 1.50. The Morgan fingerprint density at radius 3 is 2.68 bits per heavy atom. The Labute approximate surface area is 117 Å². The average Bonchev–Trinajstić information content (AvgIpc) is 2.69. The van der Waals surface area contributed by atoms with E-state index in [0.29, 0.717) is 0 Å². The molecule has 0 bridgehead atoms. The van der Waals surface area contributed by atoms with Gasteiger partial charge in [-0.05, 0) is 44.6 Å². The normalized spacial score (nSPS) is 33.8. The fourth-order valence-electron chi connectivity index (χ4n) is 3.84. The van der Waals surface area contributed by atoms with Gasteiger partial charge in [-0.3, -0.25) is 9.69 Å². The van der Waals surface area contributed by atoms with Crippen LogP contribution in [-0.4, -0.2) is 42.5 Å². The predicted molar refractivity (Wildman–Crippen MR) is 77.9 cm³/mol. The molecule has 1 aliphatic carbocycles. The van der Waals surface area contributed by atoms with E-state index in [0.717, 1.165) is 51.4 Å². The molecule has 1 saturated carbocycles. The second-order valence-electron chi connectivity index (χ2n) is 6.22. The van der Waals surface area contributed by atoms with Crippen molar-refractivity contribution in [3.63, 3.8) is 0 Å². The molecule has 0 aromatic rings. The minimum Gasteiger partial charge on any atom is -0.368 e. The SMILES string of the molecule is CCCC1CCC(C(N)=O)(N2CCCNCC2)CC1. The highest BCUT2D eigenvalue weighted by molar-refractivity contribution is 5.84. The fraction of sp³-hybridized carbons (Fsp3) is 0.933. The molecular weight excluding hydrogens is 238 g/mol. The molecule has 1 saturated heterocycles. The molecule has 0 unspecified atom stereocenters. The summed E-state index contributed by atoms with van der Waals surface area (Å²) in [4.78, 5) is 14.5. The number of amides is 1. The fourth-order valence-corrected chi connectivity index (χ4v) is 3.84. The molecule has 110 valence electrons. The first-order valence-corrected chi connectivity index (χ1v) is 7.94. The molecule has 1 amide bonds. The number of nitrogens with one attached hydrogen (secondary N) is 1. The summed E-state index contributed by atoms with van der Waals surface area (Å²) in [5.41, 5.74) is 5.45. The van der Waals surface area contributed by atoms with Crippen LogP contribution in [0.2, 0.25) is 0 Å². The lowest BCUT2D eigenvalue weighted by Gasteiger charge is -2.45. The van der Waals surface area contributed by atoms with Crippen LogP contribution in [0.15, 0.2) is 0 Å². The minimum absolute atomic E-state index is 0.0932. The van der Waals surface area contributed by atoms with Gasteiger partial charge in [-0.25, -0.2) is 0 Å². The molecule has 1 heterocycles. The highest BCUT2D eigenvalue weighted by Crippen LogP contribution is 2.38. The second kappa shape index (κ2) is 6.71. The van der Waals surface area contributed by atoms with E-state index < -0.39 is 0 Å². The van der Waals surface area contributed by atoms with Crippen molar-refractivity contribution in [2.75, 3.05) is 26.2 Å². The highest BCUT2D eigenvalue weighted by Gasteiger charge is 2.44. The van der Waals surface area contributed by atoms with Crippen LogP contribution >= 0.6 is 0 Å². The maximum atomic E-state index is 12.1. The van der Waals surface area contributed by atoms with Crippen molar-refractivity contribution in [2.45, 2.75) is 57.4 Å². The Bertz CT molecular complexity index is 290. The minimum atomic E-state index is -0.351. The standard InChI is InChI=1S/C15H29N3O/c1-2-4-13-5-7-15(8-6-13,14(16)19)18-11-3-9-17-10-12-18/h13,17H,2-12H2,1H3,(H2,16,19). The maximum absolute atomic E-state index is 12.1. The van der Waals surface area contributed by atoms with Crippen LogP contribution in [0.4, 0.5) is 0 Å². The number of nitrogens with two attached hydrogens (primary N) is 1. The Kier molecular flexibility index (Phi) is 5.22. The lowest BCUT2D eigenvalue weighted by atomic mass is 9.73. The van der Waals surface area contributed by atoms with E-state index in [4.69, 9.17) is 5.73 Å². The van der Waals surface area contributed by atoms with Crippen molar-refractivity contribution < 1.29 is 4.79 Å². The van der Waals surface area contributed by atoms with E-state index in [2.05, 4.69) is 17.1 Å². The summed E-state index contributed by atoms with van der Waals surface area (Å²) >= 11 is 0. The van der Waals surface area contributed by atoms with Gasteiger partial charge in [0, 0.05) is 19.6 Å². The third-order valence-corrected chi connectivity index (χ3v) is 5.03. The van der Waals surface area contributed by atoms with Crippen LogP contribution < -0.4 is 11.1 Å². The molecule has 2 fully saturated rings. The van der Waals surface area contributed by atoms with Gasteiger partial charge in [0.05, 0.1) is 0 Å². The molecule has 1 aliphatic heterocycles. The van der Waals surface area contributed by atoms with Gasteiger partial charge in [0.15, 0.2) is 0 Å². The molecule has 3 N–H and O–H groups in total. The van der Waals surface area contributed by atoms with Crippen LogP contribution in [0.3, 0.4) is 0 Å². The molecule has 4 heteroatoms. The van der Waals surface area contributed by atoms with Gasteiger partial charge in [-0.2, -0.15) is 0 Å². The molecule has 2 rings (SSSR count). The smallest absolute Gasteiger partial charge is 0.237 e. The molecule has 0 radical (unpaired) electrons. The Hall–Kier alpha value is -0.610. The van der Waals surface area contributed by atoms with Gasteiger partial charge in [0.2, 0.25) is 5.91 Å². The first-order chi connectivity index (χ1) is 9.19. The summed E-state index contributed by atoms with van der Waals surface area (Å²) in [5, 5.41) is 3.41. The zero-order valence-electron chi connectivity index (χ0n) is 12.3. The number of hydrogen-bond donors (Lipinski definition) is 2. The van der Waals surface area contributed by atoms with Crippen molar-refractivity contribution in [1.82, 2.24) is 10.2 Å². The molecule has 4 nitrogen and oxygen atoms in total. The van der Waals surface area contributed by atoms with E-state index >= 15 is 0 Å². The van der Waals surface area contributed by atoms with E-state index in [-0.39, 0.29) is 11.4 Å². The van der Waals surface area contributed by atoms with Crippen molar-refractivity contribution in [3.05, 3.63) is 0 Å². The molecule has 2 aliphatic rings. The van der Waals surface area contributed by atoms with Gasteiger partial charge in [0.25, 0.3) is 0 Å². The zero-order valence-corrected chi connectivity index (χ0v) is 12.3. The van der Waals surface area contributed by atoms with Gasteiger partial charge < -0.3 is 11.1 Å². The third kappa shape index (κ3) is 3.29. The van der Waals surface area contributed by atoms with E-state index in [1.54, 1.807) is 0 Å². The number of hydrogen-bond acceptors (Lipinski definition) is 3. The van der Waals surface area contributed by atoms with Crippen LogP contribution in [-0.2, 0) is 4.79 Å². The van der Waals surface area contributed by atoms with Gasteiger partial charge in [-0.1, -0.05) is 19.8 Å². The molecule has 0 aromatic heterocycles. The van der Waals surface area contributed by atoms with Crippen LogP contribution in [0.25, 0.3) is 0 Å². The van der Waals surface area contributed by atoms with E-state index in [9.17, 15) is 4.79 Å². The third-order valence-electron chi connectivity index (χ3n) is 5.03. The molecule has 0 atom stereocenters. The summed E-state index contributed by atoms with van der Waals surface area (Å²) in [6, 6.07) is 0. The van der Waals surface area contributed by atoms with E-state index in [1.807, 2.05) is 0 Å². The Morgan fingerprint density at radius 1 is 1.32 bits per heavy atom. The molecule has 19 heavy (non-hydrogen) atoms. The van der Waals surface area contributed by atoms with Gasteiger partial charge in [-0.15, -0.1) is 0 Å². The quantitative estimate of drug-likeness (QED) is 0.811. The van der Waals surface area contributed by atoms with Crippen molar-refractivity contribution in [3.8, 4) is 0 Å². The number of nitrogens with zero attached hydrogens (tertiary/aromatic N) is 1. The van der Waals surface area contributed by atoms with Crippen LogP contribution in [0.1, 0.15) is 51.9 Å². The van der Waals surface area contributed by atoms with Gasteiger partial charge >= 0.3 is 0 Å². The first kappa shape index (κ1) is 14.8. The number of carbonyl (C=O) groups excluding carboxylic acids is 1. The van der Waals surface area contributed by atoms with Crippen molar-refractivity contribution in [2.24, 2.45) is 11.7 Å². The highest BCUT2D eigenvalue weighted by atomic mass is 16.1. The number of rotatable bonds is 4. The molecule has 0 aromatic carbocycles. The summed E-state index contributed by atoms with van der Waals surface area (Å²) in [6.45, 7) is 6.25. The van der Waals surface area contributed by atoms with Crippen molar-refractivity contribution >= 4 is 5.91 Å². The summed E-state index contributed by atoms with van der Waals surface area (Å²) in [6.07, 6.45) is 7.94. The molecule has 0 spiro atoms. The second-order valence-corrected chi connectivity index (χ2v) is 6.22. The summed E-state index contributed by atoms with van der Waals surface area (Å²) < 4.78 is 0. The first-order valence-electron chi connectivity index (χ1n) is 7.94. The zero-order chi connectivity index (χ0) is 13.7. The topological polar surface area (TPSA) is 58.4 Å². The van der Waals surface area contributed by atoms with Crippen LogP contribution in [0, 0.1) is 5.92 Å². The lowest BCUT2D eigenvalue weighted by molar-refractivity contribution is -0.133. The Balaban J connectivity index is 2.04. The molecular formula is C15H29N3O. The Morgan fingerprint density at radius 2 is 2.05 bits per heavy atom. The number of primary amides is 1. The largest absolute Gasteiger partial charge is 0.368 e. The monoisotopic (exact) mass is 267 g/mol. The van der Waals surface area contributed by atoms with Gasteiger partial charge in [0.1, 0.15) is 5.54 Å². The summed E-state index contributed by atoms with van der Waals surface area (Å²) in [7, 11) is 0. The average molecular weight is 267 g/mol. The lowest BCUT2D eigenvalue weighted by Crippen LogP contribution is -2.60. The van der Waals surface area contributed by atoms with Crippen molar-refractivity contribution in [1.29, 1.82) is 0 Å². The van der Waals surface area contributed by atoms with E-state index in [1.165, 1.54) is 25.7 Å². The maximum Gasteiger partial charge on any atom is 0.237 e. The van der Waals surface area contributed by atoms with Crippen LogP contribution in [0.5, 0.6) is 0 Å². The number of carbonyl (C=O) groups is 1. The summed E-state index contributed by atoms with van der Waals surface area (Å²) in [5.74, 6) is 0.715.